The van der Waals surface area contributed by atoms with Gasteiger partial charge in [-0.3, -0.25) is 9.59 Å². The van der Waals surface area contributed by atoms with E-state index in [9.17, 15) is 9.59 Å². The molecule has 1 heterocycles. The van der Waals surface area contributed by atoms with Gasteiger partial charge in [-0.25, -0.2) is 0 Å². The average molecular weight is 219 g/mol. The second-order valence-corrected chi connectivity index (χ2v) is 3.91. The lowest BCUT2D eigenvalue weighted by atomic mass is 10.0. The summed E-state index contributed by atoms with van der Waals surface area (Å²) >= 11 is 0. The highest BCUT2D eigenvalue weighted by molar-refractivity contribution is 5.98. The highest BCUT2D eigenvalue weighted by Crippen LogP contribution is 2.26. The third kappa shape index (κ3) is 2.05. The second kappa shape index (κ2) is 4.35. The molecule has 0 aromatic heterocycles. The van der Waals surface area contributed by atoms with Crippen molar-refractivity contribution in [3.63, 3.8) is 0 Å². The molecule has 84 valence electrons. The summed E-state index contributed by atoms with van der Waals surface area (Å²) in [4.78, 5) is 24.1. The first kappa shape index (κ1) is 10.7. The number of para-hydroxylation sites is 1. The molecule has 1 aromatic rings. The number of hydrogen-bond acceptors (Lipinski definition) is 2. The molecule has 2 rings (SSSR count). The van der Waals surface area contributed by atoms with E-state index < -0.39 is 5.97 Å². The lowest BCUT2D eigenvalue weighted by Gasteiger charge is -2.16. The number of aliphatic carboxylic acids is 1. The van der Waals surface area contributed by atoms with Crippen molar-refractivity contribution in [2.75, 3.05) is 11.4 Å². The van der Waals surface area contributed by atoms with E-state index in [0.717, 1.165) is 5.69 Å². The average Bonchev–Trinajstić information content (AvgIpc) is 2.61. The first-order chi connectivity index (χ1) is 7.68. The Bertz CT molecular complexity index is 402. The number of hydrogen-bond donors (Lipinski definition) is 1. The molecular weight excluding hydrogens is 206 g/mol. The minimum absolute atomic E-state index is 0.0673. The predicted molar refractivity (Wildman–Crippen MR) is 59.2 cm³/mol. The quantitative estimate of drug-likeness (QED) is 0.838. The van der Waals surface area contributed by atoms with Crippen LogP contribution in [0.3, 0.4) is 0 Å². The summed E-state index contributed by atoms with van der Waals surface area (Å²) in [6.07, 6.45) is 0.558. The van der Waals surface area contributed by atoms with E-state index in [1.54, 1.807) is 4.90 Å². The molecule has 0 bridgehead atoms. The Balaban J connectivity index is 2.11. The molecule has 0 spiro atoms. The van der Waals surface area contributed by atoms with Crippen molar-refractivity contribution in [1.29, 1.82) is 0 Å². The first-order valence-corrected chi connectivity index (χ1v) is 5.26. The number of carbonyl (C=O) groups excluding carboxylic acids is 1. The van der Waals surface area contributed by atoms with E-state index in [-0.39, 0.29) is 18.2 Å². The van der Waals surface area contributed by atoms with Gasteiger partial charge in [0.1, 0.15) is 0 Å². The van der Waals surface area contributed by atoms with Crippen LogP contribution in [-0.4, -0.2) is 23.5 Å². The summed E-state index contributed by atoms with van der Waals surface area (Å²) in [5, 5.41) is 8.68. The van der Waals surface area contributed by atoms with Crippen LogP contribution in [0.1, 0.15) is 12.8 Å². The first-order valence-electron chi connectivity index (χ1n) is 5.26. The lowest BCUT2D eigenvalue weighted by molar-refractivity contribution is -0.140. The van der Waals surface area contributed by atoms with Gasteiger partial charge in [0.25, 0.3) is 0 Å². The smallest absolute Gasteiger partial charge is 0.304 e. The van der Waals surface area contributed by atoms with Crippen LogP contribution in [0.15, 0.2) is 30.3 Å². The van der Waals surface area contributed by atoms with Crippen molar-refractivity contribution in [2.24, 2.45) is 5.92 Å². The zero-order valence-corrected chi connectivity index (χ0v) is 8.80. The van der Waals surface area contributed by atoms with Crippen LogP contribution in [0.25, 0.3) is 0 Å². The number of benzene rings is 1. The van der Waals surface area contributed by atoms with Crippen LogP contribution in [0, 0.1) is 5.92 Å². The number of carboxylic acids is 1. The number of carbonyl (C=O) groups is 2. The Hall–Kier alpha value is -1.84. The van der Waals surface area contributed by atoms with Crippen molar-refractivity contribution in [3.05, 3.63) is 30.3 Å². The topological polar surface area (TPSA) is 57.6 Å². The summed E-state index contributed by atoms with van der Waals surface area (Å²) in [6.45, 7) is 0.612. The fourth-order valence-corrected chi connectivity index (χ4v) is 2.00. The summed E-state index contributed by atoms with van der Waals surface area (Å²) < 4.78 is 0. The Kier molecular flexibility index (Phi) is 2.90. The predicted octanol–water partition coefficient (Wildman–Crippen LogP) is 1.51. The van der Waals surface area contributed by atoms with E-state index in [0.29, 0.717) is 13.0 Å². The molecule has 0 aliphatic carbocycles. The molecule has 4 heteroatoms. The molecule has 1 amide bonds. The van der Waals surface area contributed by atoms with Gasteiger partial charge in [0.2, 0.25) is 5.91 Å². The number of nitrogens with zero attached hydrogens (tertiary/aromatic N) is 1. The number of carboxylic acid groups (broad SMARTS) is 1. The molecule has 4 nitrogen and oxygen atoms in total. The summed E-state index contributed by atoms with van der Waals surface area (Å²) in [6, 6.07) is 9.35. The molecule has 0 saturated carbocycles. The Morgan fingerprint density at radius 1 is 1.38 bits per heavy atom. The highest BCUT2D eigenvalue weighted by atomic mass is 16.4. The number of rotatable bonds is 3. The molecule has 1 fully saturated rings. The minimum atomic E-state index is -0.909. The van der Waals surface area contributed by atoms with Gasteiger partial charge in [0.05, 0.1) is 12.3 Å². The van der Waals surface area contributed by atoms with Crippen LogP contribution in [0.2, 0.25) is 0 Å². The minimum Gasteiger partial charge on any atom is -0.481 e. The number of anilines is 1. The van der Waals surface area contributed by atoms with Gasteiger partial charge < -0.3 is 10.0 Å². The van der Waals surface area contributed by atoms with Gasteiger partial charge in [-0.05, 0) is 18.6 Å². The van der Waals surface area contributed by atoms with Gasteiger partial charge in [0.15, 0.2) is 0 Å². The van der Waals surface area contributed by atoms with Gasteiger partial charge in [-0.1, -0.05) is 18.2 Å². The van der Waals surface area contributed by atoms with Crippen LogP contribution in [0.4, 0.5) is 5.69 Å². The Morgan fingerprint density at radius 2 is 2.06 bits per heavy atom. The normalized spacial score (nSPS) is 20.1. The van der Waals surface area contributed by atoms with E-state index in [1.807, 2.05) is 30.3 Å². The van der Waals surface area contributed by atoms with Crippen LogP contribution < -0.4 is 4.90 Å². The van der Waals surface area contributed by atoms with E-state index in [2.05, 4.69) is 0 Å². The fraction of sp³-hybridized carbons (Fsp3) is 0.333. The maximum atomic E-state index is 11.9. The van der Waals surface area contributed by atoms with E-state index >= 15 is 0 Å². The Morgan fingerprint density at radius 3 is 2.69 bits per heavy atom. The molecule has 1 atom stereocenters. The van der Waals surface area contributed by atoms with Crippen LogP contribution >= 0.6 is 0 Å². The highest BCUT2D eigenvalue weighted by Gasteiger charge is 2.33. The maximum Gasteiger partial charge on any atom is 0.304 e. The molecule has 1 aliphatic heterocycles. The van der Waals surface area contributed by atoms with Gasteiger partial charge in [-0.2, -0.15) is 0 Å². The van der Waals surface area contributed by atoms with Crippen molar-refractivity contribution in [1.82, 2.24) is 0 Å². The third-order valence-corrected chi connectivity index (χ3v) is 2.81. The van der Waals surface area contributed by atoms with Gasteiger partial charge in [0, 0.05) is 12.2 Å². The standard InChI is InChI=1S/C12H13NO3/c14-11(15)8-9-6-7-13(12(9)16)10-4-2-1-3-5-10/h1-5,9H,6-8H2,(H,14,15). The third-order valence-electron chi connectivity index (χ3n) is 2.81. The molecule has 16 heavy (non-hydrogen) atoms. The zero-order chi connectivity index (χ0) is 11.5. The fourth-order valence-electron chi connectivity index (χ4n) is 2.00. The molecule has 1 unspecified atom stereocenters. The molecule has 1 aromatic carbocycles. The molecule has 1 aliphatic rings. The van der Waals surface area contributed by atoms with E-state index in [1.165, 1.54) is 0 Å². The largest absolute Gasteiger partial charge is 0.481 e. The summed E-state index contributed by atoms with van der Waals surface area (Å²) in [7, 11) is 0. The molecular formula is C12H13NO3. The summed E-state index contributed by atoms with van der Waals surface area (Å²) in [5.74, 6) is -1.35. The number of amides is 1. The zero-order valence-electron chi connectivity index (χ0n) is 8.80. The van der Waals surface area contributed by atoms with Crippen molar-refractivity contribution in [3.8, 4) is 0 Å². The van der Waals surface area contributed by atoms with Crippen molar-refractivity contribution >= 4 is 17.6 Å². The maximum absolute atomic E-state index is 11.9. The molecule has 0 radical (unpaired) electrons. The SMILES string of the molecule is O=C(O)CC1CCN(c2ccccc2)C1=O. The lowest BCUT2D eigenvalue weighted by Crippen LogP contribution is -2.27. The second-order valence-electron chi connectivity index (χ2n) is 3.91. The molecule has 1 N–H and O–H groups in total. The van der Waals surface area contributed by atoms with E-state index in [4.69, 9.17) is 5.11 Å². The summed E-state index contributed by atoms with van der Waals surface area (Å²) in [5.41, 5.74) is 0.848. The Labute approximate surface area is 93.5 Å². The molecule has 1 saturated heterocycles. The van der Waals surface area contributed by atoms with Gasteiger partial charge in [-0.15, -0.1) is 0 Å². The van der Waals surface area contributed by atoms with Crippen LogP contribution in [-0.2, 0) is 9.59 Å². The van der Waals surface area contributed by atoms with Crippen LogP contribution in [0.5, 0.6) is 0 Å². The monoisotopic (exact) mass is 219 g/mol. The van der Waals surface area contributed by atoms with Crippen molar-refractivity contribution in [2.45, 2.75) is 12.8 Å². The van der Waals surface area contributed by atoms with Crippen molar-refractivity contribution < 1.29 is 14.7 Å². The van der Waals surface area contributed by atoms with Gasteiger partial charge >= 0.3 is 5.97 Å².